The lowest BCUT2D eigenvalue weighted by atomic mass is 10.2. The first-order valence-corrected chi connectivity index (χ1v) is 6.51. The molecule has 2 rings (SSSR count). The fraction of sp³-hybridized carbons (Fsp3) is 0.364. The summed E-state index contributed by atoms with van der Waals surface area (Å²) in [5, 5.41) is 13.7. The highest BCUT2D eigenvalue weighted by Gasteiger charge is 2.14. The summed E-state index contributed by atoms with van der Waals surface area (Å²) in [6.45, 7) is 1.76. The van der Waals surface area contributed by atoms with E-state index in [2.05, 4.69) is 15.4 Å². The second-order valence-corrected chi connectivity index (χ2v) is 4.88. The normalized spacial score (nSPS) is 16.4. The van der Waals surface area contributed by atoms with Crippen molar-refractivity contribution in [3.05, 3.63) is 24.0 Å². The van der Waals surface area contributed by atoms with Gasteiger partial charge in [0.05, 0.1) is 5.69 Å². The molecule has 1 aromatic carbocycles. The van der Waals surface area contributed by atoms with E-state index in [1.54, 1.807) is 12.1 Å². The highest BCUT2D eigenvalue weighted by molar-refractivity contribution is 7.99. The van der Waals surface area contributed by atoms with Crippen LogP contribution < -0.4 is 10.2 Å². The molecule has 0 aromatic heterocycles. The number of hydrogen-bond acceptors (Lipinski definition) is 4. The Hall–Kier alpha value is -1.43. The van der Waals surface area contributed by atoms with Gasteiger partial charge in [0.25, 0.3) is 0 Å². The lowest BCUT2D eigenvalue weighted by Crippen LogP contribution is -2.33. The van der Waals surface area contributed by atoms with Crippen molar-refractivity contribution in [3.63, 3.8) is 0 Å². The van der Waals surface area contributed by atoms with Crippen molar-refractivity contribution in [1.29, 1.82) is 0 Å². The first-order chi connectivity index (χ1) is 8.31. The summed E-state index contributed by atoms with van der Waals surface area (Å²) >= 11 is 1.89. The van der Waals surface area contributed by atoms with Crippen molar-refractivity contribution in [2.24, 2.45) is 5.16 Å². The summed E-state index contributed by atoms with van der Waals surface area (Å²) in [4.78, 5) is 2.05. The molecular formula is C11H14FN3OS. The van der Waals surface area contributed by atoms with Gasteiger partial charge in [-0.2, -0.15) is 11.8 Å². The van der Waals surface area contributed by atoms with Crippen LogP contribution in [0.2, 0.25) is 0 Å². The number of halogens is 1. The zero-order valence-electron chi connectivity index (χ0n) is 9.27. The third kappa shape index (κ3) is 3.03. The molecule has 0 radical (unpaired) electrons. The molecule has 0 atom stereocenters. The van der Waals surface area contributed by atoms with Gasteiger partial charge < -0.3 is 15.4 Å². The Kier molecular flexibility index (Phi) is 4.08. The molecule has 0 bridgehead atoms. The van der Waals surface area contributed by atoms with Gasteiger partial charge in [-0.25, -0.2) is 4.39 Å². The average Bonchev–Trinajstić information content (AvgIpc) is 2.37. The number of oxime groups is 1. The van der Waals surface area contributed by atoms with Crippen LogP contribution in [0.3, 0.4) is 0 Å². The number of anilines is 2. The molecule has 1 saturated heterocycles. The lowest BCUT2D eigenvalue weighted by Gasteiger charge is -2.28. The Morgan fingerprint density at radius 3 is 2.82 bits per heavy atom. The van der Waals surface area contributed by atoms with Crippen LogP contribution in [0.4, 0.5) is 15.8 Å². The molecule has 6 heteroatoms. The highest BCUT2D eigenvalue weighted by atomic mass is 32.2. The maximum absolute atomic E-state index is 13.9. The van der Waals surface area contributed by atoms with E-state index in [9.17, 15) is 4.39 Å². The zero-order chi connectivity index (χ0) is 12.1. The Labute approximate surface area is 103 Å². The van der Waals surface area contributed by atoms with E-state index in [1.165, 1.54) is 6.07 Å². The van der Waals surface area contributed by atoms with Crippen LogP contribution in [0.15, 0.2) is 23.4 Å². The molecule has 0 unspecified atom stereocenters. The van der Waals surface area contributed by atoms with Gasteiger partial charge in [-0.1, -0.05) is 5.16 Å². The Morgan fingerprint density at radius 1 is 1.41 bits per heavy atom. The monoisotopic (exact) mass is 255 g/mol. The van der Waals surface area contributed by atoms with Crippen LogP contribution in [-0.4, -0.2) is 36.1 Å². The Balaban J connectivity index is 2.12. The van der Waals surface area contributed by atoms with Gasteiger partial charge in [0, 0.05) is 30.3 Å². The van der Waals surface area contributed by atoms with Crippen LogP contribution in [-0.2, 0) is 0 Å². The van der Waals surface area contributed by atoms with Gasteiger partial charge in [-0.3, -0.25) is 0 Å². The van der Waals surface area contributed by atoms with E-state index in [-0.39, 0.29) is 5.82 Å². The minimum atomic E-state index is -0.256. The predicted octanol–water partition coefficient (Wildman–Crippen LogP) is 2.21. The van der Waals surface area contributed by atoms with Gasteiger partial charge >= 0.3 is 0 Å². The van der Waals surface area contributed by atoms with E-state index in [4.69, 9.17) is 5.21 Å². The topological polar surface area (TPSA) is 47.9 Å². The van der Waals surface area contributed by atoms with Gasteiger partial charge in [0.15, 0.2) is 0 Å². The Bertz CT molecular complexity index is 408. The summed E-state index contributed by atoms with van der Waals surface area (Å²) in [7, 11) is 0. The lowest BCUT2D eigenvalue weighted by molar-refractivity contribution is 0.321. The SMILES string of the molecule is O/N=C/Nc1ccc(N2CCSCC2)c(F)c1. The summed E-state index contributed by atoms with van der Waals surface area (Å²) in [5.74, 6) is 1.82. The van der Waals surface area contributed by atoms with Crippen LogP contribution >= 0.6 is 11.8 Å². The molecule has 17 heavy (non-hydrogen) atoms. The molecule has 1 fully saturated rings. The Morgan fingerprint density at radius 2 is 2.18 bits per heavy atom. The van der Waals surface area contributed by atoms with Crippen molar-refractivity contribution < 1.29 is 9.60 Å². The molecule has 2 N–H and O–H groups in total. The first-order valence-electron chi connectivity index (χ1n) is 5.36. The second kappa shape index (κ2) is 5.77. The number of nitrogens with one attached hydrogen (secondary N) is 1. The number of benzene rings is 1. The number of hydrogen-bond donors (Lipinski definition) is 2. The maximum Gasteiger partial charge on any atom is 0.148 e. The van der Waals surface area contributed by atoms with Crippen LogP contribution in [0.25, 0.3) is 0 Å². The third-order valence-electron chi connectivity index (χ3n) is 2.59. The van der Waals surface area contributed by atoms with Crippen molar-refractivity contribution >= 4 is 29.5 Å². The fourth-order valence-corrected chi connectivity index (χ4v) is 2.66. The molecule has 92 valence electrons. The minimum absolute atomic E-state index is 0.256. The first kappa shape index (κ1) is 12.0. The summed E-state index contributed by atoms with van der Waals surface area (Å²) < 4.78 is 13.9. The zero-order valence-corrected chi connectivity index (χ0v) is 10.1. The predicted molar refractivity (Wildman–Crippen MR) is 69.8 cm³/mol. The molecule has 1 aliphatic rings. The quantitative estimate of drug-likeness (QED) is 0.376. The van der Waals surface area contributed by atoms with E-state index in [0.29, 0.717) is 11.4 Å². The molecule has 0 saturated carbocycles. The summed E-state index contributed by atoms with van der Waals surface area (Å²) in [6.07, 6.45) is 1.10. The van der Waals surface area contributed by atoms with E-state index < -0.39 is 0 Å². The molecule has 1 aromatic rings. The highest BCUT2D eigenvalue weighted by Crippen LogP contribution is 2.25. The summed E-state index contributed by atoms with van der Waals surface area (Å²) in [6, 6.07) is 4.92. The van der Waals surface area contributed by atoms with E-state index >= 15 is 0 Å². The van der Waals surface area contributed by atoms with Gasteiger partial charge in [-0.05, 0) is 18.2 Å². The molecule has 0 amide bonds. The van der Waals surface area contributed by atoms with E-state index in [0.717, 1.165) is 30.9 Å². The smallest absolute Gasteiger partial charge is 0.148 e. The fourth-order valence-electron chi connectivity index (χ4n) is 1.76. The molecule has 0 aliphatic carbocycles. The van der Waals surface area contributed by atoms with Crippen LogP contribution in [0.1, 0.15) is 0 Å². The average molecular weight is 255 g/mol. The molecule has 4 nitrogen and oxygen atoms in total. The van der Waals surface area contributed by atoms with Crippen molar-refractivity contribution in [2.45, 2.75) is 0 Å². The standard InChI is InChI=1S/C11H14FN3OS/c12-10-7-9(13-8-14-16)1-2-11(10)15-3-5-17-6-4-15/h1-2,7-8,16H,3-6H2,(H,13,14). The van der Waals surface area contributed by atoms with Gasteiger partial charge in [0.1, 0.15) is 12.2 Å². The van der Waals surface area contributed by atoms with E-state index in [1.807, 2.05) is 11.8 Å². The number of rotatable bonds is 3. The minimum Gasteiger partial charge on any atom is -0.410 e. The maximum atomic E-state index is 13.9. The third-order valence-corrected chi connectivity index (χ3v) is 3.53. The number of nitrogens with zero attached hydrogens (tertiary/aromatic N) is 2. The molecule has 1 heterocycles. The second-order valence-electron chi connectivity index (χ2n) is 3.65. The summed E-state index contributed by atoms with van der Waals surface area (Å²) in [5.41, 5.74) is 1.20. The van der Waals surface area contributed by atoms with Crippen molar-refractivity contribution in [2.75, 3.05) is 34.8 Å². The molecule has 1 aliphatic heterocycles. The number of thioether (sulfide) groups is 1. The van der Waals surface area contributed by atoms with Gasteiger partial charge in [-0.15, -0.1) is 0 Å². The largest absolute Gasteiger partial charge is 0.410 e. The molecular weight excluding hydrogens is 241 g/mol. The van der Waals surface area contributed by atoms with Crippen molar-refractivity contribution in [1.82, 2.24) is 0 Å². The molecule has 0 spiro atoms. The van der Waals surface area contributed by atoms with Crippen LogP contribution in [0.5, 0.6) is 0 Å². The van der Waals surface area contributed by atoms with Crippen LogP contribution in [0, 0.1) is 5.82 Å². The van der Waals surface area contributed by atoms with Gasteiger partial charge in [0.2, 0.25) is 0 Å². The van der Waals surface area contributed by atoms with Crippen molar-refractivity contribution in [3.8, 4) is 0 Å².